The van der Waals surface area contributed by atoms with E-state index in [1.54, 1.807) is 12.4 Å². The molecule has 76 valence electrons. The topological polar surface area (TPSA) is 51.2 Å². The molecule has 4 heteroatoms. The van der Waals surface area contributed by atoms with E-state index in [0.717, 1.165) is 18.7 Å². The Morgan fingerprint density at radius 1 is 1.64 bits per heavy atom. The van der Waals surface area contributed by atoms with Crippen LogP contribution in [0.2, 0.25) is 0 Å². The van der Waals surface area contributed by atoms with Crippen LogP contribution >= 0.6 is 0 Å². The molecule has 0 aliphatic carbocycles. The van der Waals surface area contributed by atoms with Gasteiger partial charge in [0, 0.05) is 25.4 Å². The van der Waals surface area contributed by atoms with E-state index >= 15 is 0 Å². The maximum Gasteiger partial charge on any atom is 0.305 e. The summed E-state index contributed by atoms with van der Waals surface area (Å²) in [7, 11) is 1.40. The van der Waals surface area contributed by atoms with E-state index in [0.29, 0.717) is 6.42 Å². The van der Waals surface area contributed by atoms with Crippen molar-refractivity contribution in [1.82, 2.24) is 4.98 Å². The monoisotopic (exact) mass is 194 g/mol. The van der Waals surface area contributed by atoms with Crippen molar-refractivity contribution in [3.63, 3.8) is 0 Å². The van der Waals surface area contributed by atoms with E-state index in [1.807, 2.05) is 12.1 Å². The van der Waals surface area contributed by atoms with Crippen LogP contribution in [0.1, 0.15) is 12.8 Å². The summed E-state index contributed by atoms with van der Waals surface area (Å²) in [6, 6.07) is 3.80. The van der Waals surface area contributed by atoms with Gasteiger partial charge in [0.25, 0.3) is 0 Å². The highest BCUT2D eigenvalue weighted by molar-refractivity contribution is 5.69. The van der Waals surface area contributed by atoms with Crippen LogP contribution in [-0.2, 0) is 9.53 Å². The lowest BCUT2D eigenvalue weighted by molar-refractivity contribution is -0.140. The van der Waals surface area contributed by atoms with E-state index in [4.69, 9.17) is 0 Å². The second-order valence-electron chi connectivity index (χ2n) is 2.85. The Morgan fingerprint density at radius 3 is 3.14 bits per heavy atom. The fourth-order valence-corrected chi connectivity index (χ4v) is 1.03. The zero-order chi connectivity index (χ0) is 10.2. The molecule has 14 heavy (non-hydrogen) atoms. The number of carbonyl (C=O) groups excluding carboxylic acids is 1. The van der Waals surface area contributed by atoms with Gasteiger partial charge in [-0.3, -0.25) is 9.78 Å². The molecule has 4 nitrogen and oxygen atoms in total. The van der Waals surface area contributed by atoms with Crippen LogP contribution in [0.3, 0.4) is 0 Å². The molecule has 0 aliphatic heterocycles. The number of methoxy groups -OCH3 is 1. The Balaban J connectivity index is 2.13. The van der Waals surface area contributed by atoms with Crippen LogP contribution < -0.4 is 5.32 Å². The third-order valence-electron chi connectivity index (χ3n) is 1.78. The minimum absolute atomic E-state index is 0.169. The molecule has 0 unspecified atom stereocenters. The number of hydrogen-bond acceptors (Lipinski definition) is 4. The fraction of sp³-hybridized carbons (Fsp3) is 0.400. The molecule has 0 radical (unpaired) electrons. The summed E-state index contributed by atoms with van der Waals surface area (Å²) in [5, 5.41) is 3.15. The number of carbonyl (C=O) groups is 1. The highest BCUT2D eigenvalue weighted by Gasteiger charge is 1.98. The van der Waals surface area contributed by atoms with Gasteiger partial charge >= 0.3 is 5.97 Å². The molecule has 0 fully saturated rings. The van der Waals surface area contributed by atoms with Crippen molar-refractivity contribution in [2.75, 3.05) is 19.0 Å². The first-order valence-corrected chi connectivity index (χ1v) is 4.53. The highest BCUT2D eigenvalue weighted by Crippen LogP contribution is 2.02. The second-order valence-corrected chi connectivity index (χ2v) is 2.85. The number of anilines is 1. The molecule has 0 bridgehead atoms. The zero-order valence-corrected chi connectivity index (χ0v) is 8.19. The first kappa shape index (κ1) is 10.5. The molecule has 0 saturated carbocycles. The smallest absolute Gasteiger partial charge is 0.305 e. The van der Waals surface area contributed by atoms with Gasteiger partial charge < -0.3 is 10.1 Å². The number of hydrogen-bond donors (Lipinski definition) is 1. The molecule has 1 heterocycles. The van der Waals surface area contributed by atoms with Crippen molar-refractivity contribution >= 4 is 11.7 Å². The maximum absolute atomic E-state index is 10.8. The van der Waals surface area contributed by atoms with Gasteiger partial charge in [0.05, 0.1) is 12.8 Å². The quantitative estimate of drug-likeness (QED) is 0.569. The van der Waals surface area contributed by atoms with Gasteiger partial charge in [-0.15, -0.1) is 0 Å². The van der Waals surface area contributed by atoms with E-state index in [1.165, 1.54) is 7.11 Å². The molecule has 0 aromatic carbocycles. The largest absolute Gasteiger partial charge is 0.469 e. The number of nitrogens with one attached hydrogen (secondary N) is 1. The molecular formula is C10H14N2O2. The Kier molecular flexibility index (Phi) is 4.47. The lowest BCUT2D eigenvalue weighted by Gasteiger charge is -2.04. The minimum atomic E-state index is -0.169. The average molecular weight is 194 g/mol. The van der Waals surface area contributed by atoms with Crippen LogP contribution in [-0.4, -0.2) is 24.6 Å². The van der Waals surface area contributed by atoms with Crippen molar-refractivity contribution < 1.29 is 9.53 Å². The van der Waals surface area contributed by atoms with Gasteiger partial charge in [0.2, 0.25) is 0 Å². The standard InChI is InChI=1S/C10H14N2O2/c1-14-10(13)5-3-7-12-9-4-2-6-11-8-9/h2,4,6,8,12H,3,5,7H2,1H3. The summed E-state index contributed by atoms with van der Waals surface area (Å²) < 4.78 is 4.52. The summed E-state index contributed by atoms with van der Waals surface area (Å²) in [5.41, 5.74) is 0.970. The second kappa shape index (κ2) is 5.96. The van der Waals surface area contributed by atoms with Gasteiger partial charge in [-0.05, 0) is 18.6 Å². The van der Waals surface area contributed by atoms with E-state index < -0.39 is 0 Å². The molecule has 1 rings (SSSR count). The summed E-state index contributed by atoms with van der Waals surface area (Å²) in [6.45, 7) is 0.751. The van der Waals surface area contributed by atoms with Gasteiger partial charge in [0.15, 0.2) is 0 Å². The zero-order valence-electron chi connectivity index (χ0n) is 8.19. The normalized spacial score (nSPS) is 9.50. The number of aromatic nitrogens is 1. The van der Waals surface area contributed by atoms with E-state index in [-0.39, 0.29) is 5.97 Å². The molecule has 0 atom stereocenters. The molecule has 1 N–H and O–H groups in total. The summed E-state index contributed by atoms with van der Waals surface area (Å²) >= 11 is 0. The Hall–Kier alpha value is -1.58. The molecule has 0 amide bonds. The predicted molar refractivity (Wildman–Crippen MR) is 54.0 cm³/mol. The van der Waals surface area contributed by atoms with Crippen LogP contribution in [0, 0.1) is 0 Å². The molecule has 1 aromatic heterocycles. The molecule has 0 saturated heterocycles. The molecule has 0 spiro atoms. The van der Waals surface area contributed by atoms with Crippen molar-refractivity contribution in [2.24, 2.45) is 0 Å². The lowest BCUT2D eigenvalue weighted by atomic mass is 10.3. The Labute approximate surface area is 83.3 Å². The number of pyridine rings is 1. The van der Waals surface area contributed by atoms with Crippen molar-refractivity contribution in [3.05, 3.63) is 24.5 Å². The summed E-state index contributed by atoms with van der Waals surface area (Å²) in [4.78, 5) is 14.7. The third kappa shape index (κ3) is 3.89. The van der Waals surface area contributed by atoms with Crippen LogP contribution in [0.5, 0.6) is 0 Å². The van der Waals surface area contributed by atoms with Crippen LogP contribution in [0.15, 0.2) is 24.5 Å². The average Bonchev–Trinajstić information content (AvgIpc) is 2.25. The summed E-state index contributed by atoms with van der Waals surface area (Å²) in [5.74, 6) is -0.169. The number of esters is 1. The van der Waals surface area contributed by atoms with Gasteiger partial charge in [0.1, 0.15) is 0 Å². The maximum atomic E-state index is 10.8. The first-order chi connectivity index (χ1) is 6.83. The first-order valence-electron chi connectivity index (χ1n) is 4.53. The SMILES string of the molecule is COC(=O)CCCNc1cccnc1. The molecular weight excluding hydrogens is 180 g/mol. The lowest BCUT2D eigenvalue weighted by Crippen LogP contribution is -2.06. The Bertz CT molecular complexity index is 275. The number of rotatable bonds is 5. The van der Waals surface area contributed by atoms with Crippen LogP contribution in [0.25, 0.3) is 0 Å². The van der Waals surface area contributed by atoms with E-state index in [2.05, 4.69) is 15.0 Å². The van der Waals surface area contributed by atoms with Crippen molar-refractivity contribution in [2.45, 2.75) is 12.8 Å². The van der Waals surface area contributed by atoms with Crippen molar-refractivity contribution in [1.29, 1.82) is 0 Å². The molecule has 0 aliphatic rings. The molecule has 1 aromatic rings. The minimum Gasteiger partial charge on any atom is -0.469 e. The van der Waals surface area contributed by atoms with Gasteiger partial charge in [-0.2, -0.15) is 0 Å². The van der Waals surface area contributed by atoms with Crippen molar-refractivity contribution in [3.8, 4) is 0 Å². The summed E-state index contributed by atoms with van der Waals surface area (Å²) in [6.07, 6.45) is 4.68. The fourth-order valence-electron chi connectivity index (χ4n) is 1.03. The number of nitrogens with zero attached hydrogens (tertiary/aromatic N) is 1. The highest BCUT2D eigenvalue weighted by atomic mass is 16.5. The van der Waals surface area contributed by atoms with Crippen LogP contribution in [0.4, 0.5) is 5.69 Å². The van der Waals surface area contributed by atoms with Gasteiger partial charge in [-0.25, -0.2) is 0 Å². The van der Waals surface area contributed by atoms with Gasteiger partial charge in [-0.1, -0.05) is 0 Å². The van der Waals surface area contributed by atoms with E-state index in [9.17, 15) is 4.79 Å². The third-order valence-corrected chi connectivity index (χ3v) is 1.78. The predicted octanol–water partition coefficient (Wildman–Crippen LogP) is 1.45. The number of ether oxygens (including phenoxy) is 1. The Morgan fingerprint density at radius 2 is 2.50 bits per heavy atom.